The summed E-state index contributed by atoms with van der Waals surface area (Å²) in [6.45, 7) is 0. The smallest absolute Gasteiger partial charge is 0.130 e. The van der Waals surface area contributed by atoms with Crippen LogP contribution in [0.2, 0.25) is 0 Å². The number of benzene rings is 1. The molecule has 14 heavy (non-hydrogen) atoms. The van der Waals surface area contributed by atoms with Crippen LogP contribution >= 0.6 is 0 Å². The van der Waals surface area contributed by atoms with E-state index in [-0.39, 0.29) is 12.2 Å². The van der Waals surface area contributed by atoms with Gasteiger partial charge in [-0.25, -0.2) is 4.39 Å². The van der Waals surface area contributed by atoms with Gasteiger partial charge in [0.2, 0.25) is 0 Å². The van der Waals surface area contributed by atoms with Gasteiger partial charge in [-0.05, 0) is 18.2 Å². The van der Waals surface area contributed by atoms with Gasteiger partial charge in [-0.2, -0.15) is 0 Å². The van der Waals surface area contributed by atoms with Crippen molar-refractivity contribution in [2.75, 3.05) is 7.11 Å². The van der Waals surface area contributed by atoms with E-state index in [1.807, 2.05) is 0 Å². The number of ether oxygens (including phenoxy) is 1. The van der Waals surface area contributed by atoms with Gasteiger partial charge in [0.25, 0.3) is 0 Å². The molecule has 1 aromatic carbocycles. The van der Waals surface area contributed by atoms with Crippen LogP contribution in [0.15, 0.2) is 24.3 Å². The fourth-order valence-corrected chi connectivity index (χ4v) is 1.03. The SMILES string of the molecule is COc1ccc(F)c(C=CCC=O)c1. The molecule has 0 unspecified atom stereocenters. The average molecular weight is 194 g/mol. The molecule has 0 saturated carbocycles. The summed E-state index contributed by atoms with van der Waals surface area (Å²) in [6.07, 6.45) is 4.21. The van der Waals surface area contributed by atoms with Gasteiger partial charge in [0.15, 0.2) is 0 Å². The van der Waals surface area contributed by atoms with Crippen molar-refractivity contribution in [2.24, 2.45) is 0 Å². The van der Waals surface area contributed by atoms with Crippen LogP contribution in [0.5, 0.6) is 5.75 Å². The Morgan fingerprint density at radius 2 is 2.29 bits per heavy atom. The van der Waals surface area contributed by atoms with Gasteiger partial charge in [-0.15, -0.1) is 0 Å². The topological polar surface area (TPSA) is 26.3 Å². The highest BCUT2D eigenvalue weighted by atomic mass is 19.1. The number of allylic oxidation sites excluding steroid dienone is 1. The summed E-state index contributed by atoms with van der Waals surface area (Å²) in [7, 11) is 1.52. The third kappa shape index (κ3) is 2.69. The van der Waals surface area contributed by atoms with Crippen molar-refractivity contribution in [2.45, 2.75) is 6.42 Å². The molecule has 0 bridgehead atoms. The quantitative estimate of drug-likeness (QED) is 0.688. The van der Waals surface area contributed by atoms with E-state index in [4.69, 9.17) is 4.74 Å². The normalized spacial score (nSPS) is 10.4. The zero-order valence-corrected chi connectivity index (χ0v) is 7.87. The Morgan fingerprint density at radius 1 is 1.50 bits per heavy atom. The van der Waals surface area contributed by atoms with Crippen LogP contribution in [0.4, 0.5) is 4.39 Å². The van der Waals surface area contributed by atoms with Crippen LogP contribution in [-0.4, -0.2) is 13.4 Å². The minimum Gasteiger partial charge on any atom is -0.497 e. The maximum Gasteiger partial charge on any atom is 0.130 e. The fraction of sp³-hybridized carbons (Fsp3) is 0.182. The molecule has 0 aliphatic carbocycles. The molecule has 2 nitrogen and oxygen atoms in total. The summed E-state index contributed by atoms with van der Waals surface area (Å²) in [4.78, 5) is 10.0. The molecular weight excluding hydrogens is 183 g/mol. The van der Waals surface area contributed by atoms with Crippen molar-refractivity contribution in [1.29, 1.82) is 0 Å². The second kappa shape index (κ2) is 5.17. The lowest BCUT2D eigenvalue weighted by atomic mass is 10.2. The molecule has 0 atom stereocenters. The second-order valence-corrected chi connectivity index (χ2v) is 2.69. The van der Waals surface area contributed by atoms with Crippen molar-refractivity contribution >= 4 is 12.4 Å². The number of rotatable bonds is 4. The Kier molecular flexibility index (Phi) is 3.85. The third-order valence-electron chi connectivity index (χ3n) is 1.73. The monoisotopic (exact) mass is 194 g/mol. The second-order valence-electron chi connectivity index (χ2n) is 2.69. The summed E-state index contributed by atoms with van der Waals surface area (Å²) in [6, 6.07) is 4.46. The summed E-state index contributed by atoms with van der Waals surface area (Å²) in [5.41, 5.74) is 0.422. The number of carbonyl (C=O) groups excluding carboxylic acids is 1. The number of methoxy groups -OCH3 is 1. The Bertz CT molecular complexity index is 345. The van der Waals surface area contributed by atoms with Crippen molar-refractivity contribution < 1.29 is 13.9 Å². The van der Waals surface area contributed by atoms with E-state index < -0.39 is 0 Å². The third-order valence-corrected chi connectivity index (χ3v) is 1.73. The van der Waals surface area contributed by atoms with E-state index in [0.29, 0.717) is 11.3 Å². The molecule has 74 valence electrons. The van der Waals surface area contributed by atoms with Gasteiger partial charge in [0.05, 0.1) is 7.11 Å². The summed E-state index contributed by atoms with van der Waals surface area (Å²) >= 11 is 0. The highest BCUT2D eigenvalue weighted by Gasteiger charge is 1.99. The van der Waals surface area contributed by atoms with E-state index in [2.05, 4.69) is 0 Å². The predicted molar refractivity (Wildman–Crippen MR) is 52.7 cm³/mol. The zero-order chi connectivity index (χ0) is 10.4. The lowest BCUT2D eigenvalue weighted by Gasteiger charge is -2.01. The van der Waals surface area contributed by atoms with Crippen LogP contribution in [0, 0.1) is 5.82 Å². The minimum atomic E-state index is -0.326. The van der Waals surface area contributed by atoms with Gasteiger partial charge < -0.3 is 9.53 Å². The molecule has 0 spiro atoms. The first-order valence-electron chi connectivity index (χ1n) is 4.21. The number of halogens is 1. The lowest BCUT2D eigenvalue weighted by molar-refractivity contribution is -0.107. The van der Waals surface area contributed by atoms with Gasteiger partial charge >= 0.3 is 0 Å². The minimum absolute atomic E-state index is 0.288. The van der Waals surface area contributed by atoms with Crippen LogP contribution in [0.1, 0.15) is 12.0 Å². The first kappa shape index (κ1) is 10.4. The molecule has 0 radical (unpaired) electrons. The molecule has 0 heterocycles. The summed E-state index contributed by atoms with van der Waals surface area (Å²) in [5.74, 6) is 0.269. The van der Waals surface area contributed by atoms with Crippen molar-refractivity contribution in [3.8, 4) is 5.75 Å². The average Bonchev–Trinajstić information content (AvgIpc) is 2.21. The molecule has 0 aliphatic heterocycles. The number of hydrogen-bond acceptors (Lipinski definition) is 2. The maximum atomic E-state index is 13.1. The number of hydrogen-bond donors (Lipinski definition) is 0. The summed E-state index contributed by atoms with van der Waals surface area (Å²) in [5, 5.41) is 0. The molecular formula is C11H11FO2. The van der Waals surface area contributed by atoms with E-state index in [1.165, 1.54) is 13.2 Å². The highest BCUT2D eigenvalue weighted by Crippen LogP contribution is 2.17. The molecule has 0 aromatic heterocycles. The van der Waals surface area contributed by atoms with Crippen LogP contribution in [-0.2, 0) is 4.79 Å². The Balaban J connectivity index is 2.88. The molecule has 1 aromatic rings. The van der Waals surface area contributed by atoms with E-state index in [9.17, 15) is 9.18 Å². The van der Waals surface area contributed by atoms with E-state index in [0.717, 1.165) is 6.29 Å². The van der Waals surface area contributed by atoms with Crippen LogP contribution in [0.3, 0.4) is 0 Å². The molecule has 1 rings (SSSR count). The molecule has 0 saturated heterocycles. The molecule has 0 amide bonds. The van der Waals surface area contributed by atoms with Crippen LogP contribution in [0.25, 0.3) is 6.08 Å². The largest absolute Gasteiger partial charge is 0.497 e. The van der Waals surface area contributed by atoms with Crippen molar-refractivity contribution in [1.82, 2.24) is 0 Å². The Hall–Kier alpha value is -1.64. The highest BCUT2D eigenvalue weighted by molar-refractivity contribution is 5.59. The van der Waals surface area contributed by atoms with E-state index >= 15 is 0 Å². The first-order chi connectivity index (χ1) is 6.77. The summed E-state index contributed by atoms with van der Waals surface area (Å²) < 4.78 is 18.1. The zero-order valence-electron chi connectivity index (χ0n) is 7.87. The molecule has 0 fully saturated rings. The number of carbonyl (C=O) groups is 1. The van der Waals surface area contributed by atoms with Crippen molar-refractivity contribution in [3.63, 3.8) is 0 Å². The van der Waals surface area contributed by atoms with Gasteiger partial charge in [0.1, 0.15) is 17.9 Å². The lowest BCUT2D eigenvalue weighted by Crippen LogP contribution is -1.86. The maximum absolute atomic E-state index is 13.1. The Labute approximate surface area is 82.0 Å². The Morgan fingerprint density at radius 3 is 2.93 bits per heavy atom. The van der Waals surface area contributed by atoms with Crippen LogP contribution < -0.4 is 4.74 Å². The first-order valence-corrected chi connectivity index (χ1v) is 4.21. The van der Waals surface area contributed by atoms with Gasteiger partial charge in [-0.3, -0.25) is 0 Å². The molecule has 0 N–H and O–H groups in total. The van der Waals surface area contributed by atoms with E-state index in [1.54, 1.807) is 24.3 Å². The number of aldehydes is 1. The predicted octanol–water partition coefficient (Wildman–Crippen LogP) is 2.44. The standard InChI is InChI=1S/C11H11FO2/c1-14-10-5-6-11(12)9(8-10)4-2-3-7-13/h2,4-8H,3H2,1H3. The molecule has 3 heteroatoms. The fourth-order valence-electron chi connectivity index (χ4n) is 1.03. The van der Waals surface area contributed by atoms with Gasteiger partial charge in [-0.1, -0.05) is 12.2 Å². The van der Waals surface area contributed by atoms with Crippen molar-refractivity contribution in [3.05, 3.63) is 35.7 Å². The molecule has 0 aliphatic rings. The van der Waals surface area contributed by atoms with Gasteiger partial charge in [0, 0.05) is 12.0 Å².